The van der Waals surface area contributed by atoms with Crippen molar-refractivity contribution in [3.05, 3.63) is 32.4 Å². The van der Waals surface area contributed by atoms with Crippen molar-refractivity contribution in [2.75, 3.05) is 0 Å². The molecule has 2 rings (SSSR count). The van der Waals surface area contributed by atoms with E-state index in [2.05, 4.69) is 15.2 Å². The van der Waals surface area contributed by atoms with Crippen molar-refractivity contribution in [3.63, 3.8) is 0 Å². The molecule has 2 aromatic heterocycles. The summed E-state index contributed by atoms with van der Waals surface area (Å²) in [6.07, 6.45) is 1.22. The molecule has 6 nitrogen and oxygen atoms in total. The highest BCUT2D eigenvalue weighted by Gasteiger charge is 2.07. The standard InChI is InChI=1S/C7H4N4O2S3/c12-11(13)4-1-2-5(8-3-4)15-7-10-9-6(14)16-7/h1-3H,(H,9,14). The third kappa shape index (κ3) is 2.62. The summed E-state index contributed by atoms with van der Waals surface area (Å²) in [7, 11) is 0. The second kappa shape index (κ2) is 4.68. The number of hydrogen-bond acceptors (Lipinski definition) is 7. The predicted molar refractivity (Wildman–Crippen MR) is 62.3 cm³/mol. The molecule has 0 saturated heterocycles. The zero-order chi connectivity index (χ0) is 11.5. The maximum atomic E-state index is 10.4. The van der Waals surface area contributed by atoms with E-state index < -0.39 is 4.92 Å². The summed E-state index contributed by atoms with van der Waals surface area (Å²) >= 11 is 7.52. The molecule has 0 bridgehead atoms. The van der Waals surface area contributed by atoms with Crippen LogP contribution in [0.2, 0.25) is 0 Å². The number of nitrogens with one attached hydrogen (secondary N) is 1. The summed E-state index contributed by atoms with van der Waals surface area (Å²) < 4.78 is 1.32. The summed E-state index contributed by atoms with van der Waals surface area (Å²) in [4.78, 5) is 13.9. The number of aromatic amines is 1. The van der Waals surface area contributed by atoms with Crippen molar-refractivity contribution >= 4 is 41.0 Å². The van der Waals surface area contributed by atoms with Crippen LogP contribution in [0.15, 0.2) is 27.7 Å². The zero-order valence-electron chi connectivity index (χ0n) is 7.61. The van der Waals surface area contributed by atoms with Crippen LogP contribution in [0.5, 0.6) is 0 Å². The van der Waals surface area contributed by atoms with Gasteiger partial charge in [0, 0.05) is 6.07 Å². The Morgan fingerprint density at radius 2 is 2.38 bits per heavy atom. The molecule has 0 aliphatic rings. The van der Waals surface area contributed by atoms with Crippen molar-refractivity contribution in [1.82, 2.24) is 15.2 Å². The smallest absolute Gasteiger partial charge is 0.258 e. The Balaban J connectivity index is 2.17. The number of aromatic nitrogens is 3. The minimum absolute atomic E-state index is 0.0287. The molecule has 0 fully saturated rings. The van der Waals surface area contributed by atoms with Gasteiger partial charge >= 0.3 is 0 Å². The Morgan fingerprint density at radius 3 is 2.88 bits per heavy atom. The average molecular weight is 272 g/mol. The minimum Gasteiger partial charge on any atom is -0.258 e. The lowest BCUT2D eigenvalue weighted by Gasteiger charge is -1.94. The van der Waals surface area contributed by atoms with Crippen LogP contribution in [-0.2, 0) is 0 Å². The van der Waals surface area contributed by atoms with Gasteiger partial charge in [-0.3, -0.25) is 15.2 Å². The van der Waals surface area contributed by atoms with E-state index in [9.17, 15) is 10.1 Å². The molecule has 0 radical (unpaired) electrons. The molecule has 0 aliphatic heterocycles. The number of pyridine rings is 1. The summed E-state index contributed by atoms with van der Waals surface area (Å²) in [5, 5.41) is 17.6. The SMILES string of the molecule is O=[N+]([O-])c1ccc(Sc2n[nH]c(=S)s2)nc1. The number of nitro groups is 1. The van der Waals surface area contributed by atoms with E-state index in [4.69, 9.17) is 12.2 Å². The first-order valence-electron chi connectivity index (χ1n) is 3.99. The highest BCUT2D eigenvalue weighted by Crippen LogP contribution is 2.28. The van der Waals surface area contributed by atoms with Crippen LogP contribution in [0.25, 0.3) is 0 Å². The number of nitrogens with zero attached hydrogens (tertiary/aromatic N) is 3. The third-order valence-corrected chi connectivity index (χ3v) is 3.64. The molecular weight excluding hydrogens is 268 g/mol. The molecule has 82 valence electrons. The van der Waals surface area contributed by atoms with Gasteiger partial charge < -0.3 is 0 Å². The van der Waals surface area contributed by atoms with Crippen molar-refractivity contribution < 1.29 is 4.92 Å². The number of rotatable bonds is 3. The fourth-order valence-electron chi connectivity index (χ4n) is 0.890. The Morgan fingerprint density at radius 1 is 1.56 bits per heavy atom. The van der Waals surface area contributed by atoms with Crippen LogP contribution >= 0.6 is 35.3 Å². The zero-order valence-corrected chi connectivity index (χ0v) is 10.1. The maximum absolute atomic E-state index is 10.4. The van der Waals surface area contributed by atoms with Gasteiger partial charge in [0.15, 0.2) is 8.29 Å². The first-order chi connectivity index (χ1) is 7.65. The Bertz CT molecular complexity index is 562. The lowest BCUT2D eigenvalue weighted by molar-refractivity contribution is -0.385. The van der Waals surface area contributed by atoms with Crippen LogP contribution in [-0.4, -0.2) is 20.1 Å². The van der Waals surface area contributed by atoms with Crippen LogP contribution in [0.3, 0.4) is 0 Å². The molecule has 0 aromatic carbocycles. The molecule has 0 unspecified atom stereocenters. The van der Waals surface area contributed by atoms with Gasteiger partial charge in [0.25, 0.3) is 5.69 Å². The highest BCUT2D eigenvalue weighted by molar-refractivity contribution is 8.01. The number of hydrogen-bond donors (Lipinski definition) is 1. The fraction of sp³-hybridized carbons (Fsp3) is 0. The predicted octanol–water partition coefficient (Wildman–Crippen LogP) is 2.66. The summed E-state index contributed by atoms with van der Waals surface area (Å²) in [6, 6.07) is 2.98. The first-order valence-corrected chi connectivity index (χ1v) is 6.03. The van der Waals surface area contributed by atoms with Gasteiger partial charge in [0.05, 0.1) is 4.92 Å². The summed E-state index contributed by atoms with van der Waals surface area (Å²) in [5.74, 6) is 0. The molecule has 0 aliphatic carbocycles. The normalized spacial score (nSPS) is 10.2. The topological polar surface area (TPSA) is 84.7 Å². The van der Waals surface area contributed by atoms with Gasteiger partial charge in [-0.25, -0.2) is 4.98 Å². The van der Waals surface area contributed by atoms with Gasteiger partial charge in [0.2, 0.25) is 0 Å². The molecule has 1 N–H and O–H groups in total. The van der Waals surface area contributed by atoms with Gasteiger partial charge in [-0.05, 0) is 30.0 Å². The van der Waals surface area contributed by atoms with E-state index in [-0.39, 0.29) is 5.69 Å². The summed E-state index contributed by atoms with van der Waals surface area (Å²) in [6.45, 7) is 0. The van der Waals surface area contributed by atoms with Crippen LogP contribution in [0.4, 0.5) is 5.69 Å². The van der Waals surface area contributed by atoms with E-state index >= 15 is 0 Å². The minimum atomic E-state index is -0.486. The van der Waals surface area contributed by atoms with Crippen LogP contribution in [0, 0.1) is 14.1 Å². The molecule has 16 heavy (non-hydrogen) atoms. The summed E-state index contributed by atoms with van der Waals surface area (Å²) in [5.41, 5.74) is -0.0287. The lowest BCUT2D eigenvalue weighted by Crippen LogP contribution is -1.89. The fourth-order valence-corrected chi connectivity index (χ4v) is 2.86. The van der Waals surface area contributed by atoms with E-state index in [0.29, 0.717) is 8.98 Å². The van der Waals surface area contributed by atoms with Crippen LogP contribution in [0.1, 0.15) is 0 Å². The van der Waals surface area contributed by atoms with Gasteiger partial charge in [-0.1, -0.05) is 11.3 Å². The second-order valence-electron chi connectivity index (χ2n) is 2.59. The van der Waals surface area contributed by atoms with E-state index in [0.717, 1.165) is 4.34 Å². The first kappa shape index (κ1) is 11.2. The highest BCUT2D eigenvalue weighted by atomic mass is 32.2. The van der Waals surface area contributed by atoms with E-state index in [1.165, 1.54) is 35.4 Å². The van der Waals surface area contributed by atoms with Gasteiger partial charge in [-0.2, -0.15) is 5.10 Å². The van der Waals surface area contributed by atoms with Crippen LogP contribution < -0.4 is 0 Å². The lowest BCUT2D eigenvalue weighted by atomic mass is 10.4. The molecule has 2 heterocycles. The Hall–Kier alpha value is -1.32. The van der Waals surface area contributed by atoms with Crippen molar-refractivity contribution in [2.24, 2.45) is 0 Å². The third-order valence-electron chi connectivity index (χ3n) is 1.54. The maximum Gasteiger partial charge on any atom is 0.287 e. The van der Waals surface area contributed by atoms with Crippen molar-refractivity contribution in [2.45, 2.75) is 9.37 Å². The molecule has 0 saturated carbocycles. The van der Waals surface area contributed by atoms with Crippen molar-refractivity contribution in [1.29, 1.82) is 0 Å². The van der Waals surface area contributed by atoms with Gasteiger partial charge in [-0.15, -0.1) is 0 Å². The molecule has 0 amide bonds. The molecular formula is C7H4N4O2S3. The largest absolute Gasteiger partial charge is 0.287 e. The molecule has 9 heteroatoms. The number of H-pyrrole nitrogens is 1. The second-order valence-corrected chi connectivity index (χ2v) is 5.53. The molecule has 0 atom stereocenters. The molecule has 0 spiro atoms. The molecule has 2 aromatic rings. The quantitative estimate of drug-likeness (QED) is 0.525. The van der Waals surface area contributed by atoms with Gasteiger partial charge in [0.1, 0.15) is 11.2 Å². The Kier molecular flexibility index (Phi) is 3.27. The van der Waals surface area contributed by atoms with E-state index in [1.807, 2.05) is 0 Å². The average Bonchev–Trinajstić information content (AvgIpc) is 2.65. The Labute approximate surface area is 103 Å². The van der Waals surface area contributed by atoms with Crippen molar-refractivity contribution in [3.8, 4) is 0 Å². The van der Waals surface area contributed by atoms with E-state index in [1.54, 1.807) is 6.07 Å². The monoisotopic (exact) mass is 272 g/mol.